The number of hydrogen-bond donors (Lipinski definition) is 0. The van der Waals surface area contributed by atoms with Crippen molar-refractivity contribution in [1.29, 1.82) is 0 Å². The monoisotopic (exact) mass is 210 g/mol. The van der Waals surface area contributed by atoms with Crippen molar-refractivity contribution in [3.8, 4) is 0 Å². The summed E-state index contributed by atoms with van der Waals surface area (Å²) in [6.45, 7) is 0. The first-order valence-corrected chi connectivity index (χ1v) is 4.13. The smallest absolute Gasteiger partial charge is 0.108 e. The average Bonchev–Trinajstić information content (AvgIpc) is 2.33. The highest BCUT2D eigenvalue weighted by Crippen LogP contribution is 2.16. The van der Waals surface area contributed by atoms with Crippen molar-refractivity contribution in [2.24, 2.45) is 7.05 Å². The molecule has 0 N–H and O–H groups in total. The van der Waals surface area contributed by atoms with E-state index in [1.165, 1.54) is 10.9 Å². The van der Waals surface area contributed by atoms with Crippen molar-refractivity contribution in [3.63, 3.8) is 0 Å². The van der Waals surface area contributed by atoms with Crippen molar-refractivity contribution in [3.05, 3.63) is 29.1 Å². The number of fused-ring (bicyclic) bond motifs is 1. The molecule has 3 heteroatoms. The van der Waals surface area contributed by atoms with Crippen molar-refractivity contribution < 1.29 is 0 Å². The molecule has 2 rings (SSSR count). The first-order valence-electron chi connectivity index (χ1n) is 3.34. The summed E-state index contributed by atoms with van der Waals surface area (Å²) in [6, 6.07) is 4.06. The number of nitrogens with zero attached hydrogens (tertiary/aromatic N) is 2. The van der Waals surface area contributed by atoms with Crippen LogP contribution in [0.4, 0.5) is 0 Å². The molecule has 0 aliphatic rings. The van der Waals surface area contributed by atoms with Gasteiger partial charge in [0.2, 0.25) is 0 Å². The Labute approximate surface area is 73.0 Å². The molecule has 0 fully saturated rings. The standard InChI is InChI=1S/C8H7BrN2/c1-11-3-2-6-5-10-8(9)4-7(6)11/h2-5H,1H3. The van der Waals surface area contributed by atoms with Crippen LogP contribution in [0.15, 0.2) is 29.1 Å². The van der Waals surface area contributed by atoms with Crippen molar-refractivity contribution in [1.82, 2.24) is 9.55 Å². The molecule has 0 radical (unpaired) electrons. The largest absolute Gasteiger partial charge is 0.350 e. The van der Waals surface area contributed by atoms with E-state index >= 15 is 0 Å². The molecule has 11 heavy (non-hydrogen) atoms. The minimum absolute atomic E-state index is 0.881. The van der Waals surface area contributed by atoms with Gasteiger partial charge in [-0.2, -0.15) is 0 Å². The van der Waals surface area contributed by atoms with Crippen LogP contribution in [0.2, 0.25) is 0 Å². The molecular weight excluding hydrogens is 204 g/mol. The van der Waals surface area contributed by atoms with E-state index in [9.17, 15) is 0 Å². The lowest BCUT2D eigenvalue weighted by molar-refractivity contribution is 0.967. The van der Waals surface area contributed by atoms with Crippen LogP contribution in [-0.2, 0) is 7.05 Å². The summed E-state index contributed by atoms with van der Waals surface area (Å²) in [5.41, 5.74) is 1.20. The molecule has 0 saturated carbocycles. The van der Waals surface area contributed by atoms with Gasteiger partial charge in [-0.1, -0.05) is 0 Å². The third-order valence-corrected chi connectivity index (χ3v) is 2.17. The summed E-state index contributed by atoms with van der Waals surface area (Å²) >= 11 is 3.33. The van der Waals surface area contributed by atoms with Crippen LogP contribution in [0.1, 0.15) is 0 Å². The molecule has 0 saturated heterocycles. The Morgan fingerprint density at radius 1 is 1.55 bits per heavy atom. The van der Waals surface area contributed by atoms with Gasteiger partial charge < -0.3 is 4.57 Å². The topological polar surface area (TPSA) is 17.8 Å². The molecule has 56 valence electrons. The molecular formula is C8H7BrN2. The Bertz CT molecular complexity index is 392. The Morgan fingerprint density at radius 2 is 2.36 bits per heavy atom. The van der Waals surface area contributed by atoms with Crippen LogP contribution in [-0.4, -0.2) is 9.55 Å². The molecule has 2 heterocycles. The summed E-state index contributed by atoms with van der Waals surface area (Å²) in [6.07, 6.45) is 3.89. The van der Waals surface area contributed by atoms with Crippen LogP contribution < -0.4 is 0 Å². The normalized spacial score (nSPS) is 10.7. The highest BCUT2D eigenvalue weighted by molar-refractivity contribution is 9.10. The van der Waals surface area contributed by atoms with Crippen LogP contribution >= 0.6 is 15.9 Å². The molecule has 0 aliphatic heterocycles. The fourth-order valence-electron chi connectivity index (χ4n) is 1.14. The second kappa shape index (κ2) is 2.34. The van der Waals surface area contributed by atoms with E-state index in [0.717, 1.165) is 4.60 Å². The number of aromatic nitrogens is 2. The number of halogens is 1. The predicted octanol–water partition coefficient (Wildman–Crippen LogP) is 2.34. The molecule has 0 aliphatic carbocycles. The van der Waals surface area contributed by atoms with Gasteiger partial charge in [0.05, 0.1) is 5.52 Å². The zero-order chi connectivity index (χ0) is 7.84. The Hall–Kier alpha value is -0.830. The Balaban J connectivity index is 2.87. The molecule has 2 aromatic heterocycles. The molecule has 0 spiro atoms. The zero-order valence-electron chi connectivity index (χ0n) is 6.08. The van der Waals surface area contributed by atoms with Gasteiger partial charge in [0, 0.05) is 24.8 Å². The van der Waals surface area contributed by atoms with E-state index in [4.69, 9.17) is 0 Å². The van der Waals surface area contributed by atoms with Crippen molar-refractivity contribution in [2.75, 3.05) is 0 Å². The average molecular weight is 211 g/mol. The van der Waals surface area contributed by atoms with Gasteiger partial charge in [0.1, 0.15) is 4.60 Å². The van der Waals surface area contributed by atoms with Crippen LogP contribution in [0, 0.1) is 0 Å². The summed E-state index contributed by atoms with van der Waals surface area (Å²) in [5, 5.41) is 1.18. The maximum Gasteiger partial charge on any atom is 0.108 e. The first-order chi connectivity index (χ1) is 5.27. The molecule has 0 aromatic carbocycles. The molecule has 2 aromatic rings. The lowest BCUT2D eigenvalue weighted by Gasteiger charge is -1.94. The number of aryl methyl sites for hydroxylation is 1. The summed E-state index contributed by atoms with van der Waals surface area (Å²) in [4.78, 5) is 4.12. The van der Waals surface area contributed by atoms with E-state index < -0.39 is 0 Å². The van der Waals surface area contributed by atoms with Gasteiger partial charge in [-0.05, 0) is 28.1 Å². The quantitative estimate of drug-likeness (QED) is 0.611. The molecule has 2 nitrogen and oxygen atoms in total. The highest BCUT2D eigenvalue weighted by atomic mass is 79.9. The fourth-order valence-corrected chi connectivity index (χ4v) is 1.46. The molecule has 0 bridgehead atoms. The van der Waals surface area contributed by atoms with E-state index in [1.807, 2.05) is 25.5 Å². The van der Waals surface area contributed by atoms with Gasteiger partial charge in [-0.3, -0.25) is 0 Å². The van der Waals surface area contributed by atoms with Crippen molar-refractivity contribution in [2.45, 2.75) is 0 Å². The van der Waals surface area contributed by atoms with E-state index in [1.54, 1.807) is 0 Å². The molecule has 0 unspecified atom stereocenters. The van der Waals surface area contributed by atoms with Crippen LogP contribution in [0.25, 0.3) is 10.9 Å². The Morgan fingerprint density at radius 3 is 3.18 bits per heavy atom. The molecule has 0 amide bonds. The minimum atomic E-state index is 0.881. The minimum Gasteiger partial charge on any atom is -0.350 e. The summed E-state index contributed by atoms with van der Waals surface area (Å²) in [5.74, 6) is 0. The summed E-state index contributed by atoms with van der Waals surface area (Å²) in [7, 11) is 2.02. The second-order valence-corrected chi connectivity index (χ2v) is 3.30. The van der Waals surface area contributed by atoms with Gasteiger partial charge in [-0.15, -0.1) is 0 Å². The number of hydrogen-bond acceptors (Lipinski definition) is 1. The SMILES string of the molecule is Cn1ccc2cnc(Br)cc21. The van der Waals surface area contributed by atoms with Gasteiger partial charge in [0.25, 0.3) is 0 Å². The Kier molecular flexibility index (Phi) is 1.46. The van der Waals surface area contributed by atoms with E-state index in [0.29, 0.717) is 0 Å². The third kappa shape index (κ3) is 1.05. The lowest BCUT2D eigenvalue weighted by Crippen LogP contribution is -1.84. The van der Waals surface area contributed by atoms with E-state index in [2.05, 4.69) is 31.5 Å². The van der Waals surface area contributed by atoms with Crippen LogP contribution in [0.5, 0.6) is 0 Å². The third-order valence-electron chi connectivity index (χ3n) is 1.74. The van der Waals surface area contributed by atoms with E-state index in [-0.39, 0.29) is 0 Å². The summed E-state index contributed by atoms with van der Waals surface area (Å²) < 4.78 is 2.95. The number of pyridine rings is 1. The second-order valence-electron chi connectivity index (χ2n) is 2.49. The molecule has 0 atom stereocenters. The predicted molar refractivity (Wildman–Crippen MR) is 48.4 cm³/mol. The van der Waals surface area contributed by atoms with Gasteiger partial charge in [0.15, 0.2) is 0 Å². The van der Waals surface area contributed by atoms with Gasteiger partial charge in [-0.25, -0.2) is 4.98 Å². The fraction of sp³-hybridized carbons (Fsp3) is 0.125. The highest BCUT2D eigenvalue weighted by Gasteiger charge is 1.97. The van der Waals surface area contributed by atoms with Crippen LogP contribution in [0.3, 0.4) is 0 Å². The first kappa shape index (κ1) is 6.85. The maximum atomic E-state index is 4.12. The zero-order valence-corrected chi connectivity index (χ0v) is 7.67. The van der Waals surface area contributed by atoms with Gasteiger partial charge >= 0.3 is 0 Å². The number of rotatable bonds is 0. The lowest BCUT2D eigenvalue weighted by atomic mass is 10.3. The van der Waals surface area contributed by atoms with Crippen molar-refractivity contribution >= 4 is 26.8 Å². The maximum absolute atomic E-state index is 4.12.